The highest BCUT2D eigenvalue weighted by molar-refractivity contribution is 5.47. The molecule has 1 aliphatic carbocycles. The zero-order valence-electron chi connectivity index (χ0n) is 7.75. The second-order valence-electron chi connectivity index (χ2n) is 4.69. The zero-order chi connectivity index (χ0) is 8.60. The van der Waals surface area contributed by atoms with E-state index in [1.54, 1.807) is 0 Å². The molecule has 2 fully saturated rings. The third-order valence-electron chi connectivity index (χ3n) is 3.40. The van der Waals surface area contributed by atoms with Crippen molar-refractivity contribution in [2.45, 2.75) is 32.6 Å². The fourth-order valence-corrected chi connectivity index (χ4v) is 3.09. The van der Waals surface area contributed by atoms with Crippen LogP contribution >= 0.6 is 0 Å². The largest absolute Gasteiger partial charge is 0.345 e. The standard InChI is InChI=1S/C10H17NO/c1-9-5-10(6-9)3-2-4-11(7-10)8-12/h8-9H,2-7H2,1H3. The summed E-state index contributed by atoms with van der Waals surface area (Å²) < 4.78 is 0. The summed E-state index contributed by atoms with van der Waals surface area (Å²) in [7, 11) is 0. The Labute approximate surface area is 73.9 Å². The van der Waals surface area contributed by atoms with E-state index in [0.29, 0.717) is 5.41 Å². The average Bonchev–Trinajstić information content (AvgIpc) is 2.02. The maximum atomic E-state index is 10.6. The summed E-state index contributed by atoms with van der Waals surface area (Å²) in [6, 6.07) is 0. The van der Waals surface area contributed by atoms with Crippen molar-refractivity contribution >= 4 is 6.41 Å². The summed E-state index contributed by atoms with van der Waals surface area (Å²) in [5.74, 6) is 0.900. The molecule has 1 spiro atoms. The van der Waals surface area contributed by atoms with Gasteiger partial charge >= 0.3 is 0 Å². The van der Waals surface area contributed by atoms with Crippen molar-refractivity contribution in [3.63, 3.8) is 0 Å². The van der Waals surface area contributed by atoms with Crippen LogP contribution in [0.1, 0.15) is 32.6 Å². The summed E-state index contributed by atoms with van der Waals surface area (Å²) in [6.45, 7) is 4.32. The van der Waals surface area contributed by atoms with Gasteiger partial charge in [0.15, 0.2) is 0 Å². The number of carbonyl (C=O) groups excluding carboxylic acids is 1. The summed E-state index contributed by atoms with van der Waals surface area (Å²) in [4.78, 5) is 12.5. The lowest BCUT2D eigenvalue weighted by Crippen LogP contribution is -2.49. The molecule has 0 bridgehead atoms. The van der Waals surface area contributed by atoms with Crippen LogP contribution in [0, 0.1) is 11.3 Å². The van der Waals surface area contributed by atoms with Gasteiger partial charge in [-0.2, -0.15) is 0 Å². The van der Waals surface area contributed by atoms with Crippen LogP contribution in [-0.4, -0.2) is 24.4 Å². The van der Waals surface area contributed by atoms with Crippen LogP contribution in [0.2, 0.25) is 0 Å². The number of rotatable bonds is 1. The highest BCUT2D eigenvalue weighted by Gasteiger charge is 2.44. The van der Waals surface area contributed by atoms with E-state index in [1.807, 2.05) is 4.90 Å². The predicted octanol–water partition coefficient (Wildman–Crippen LogP) is 1.65. The quantitative estimate of drug-likeness (QED) is 0.544. The van der Waals surface area contributed by atoms with Gasteiger partial charge in [0.05, 0.1) is 0 Å². The van der Waals surface area contributed by atoms with Crippen LogP contribution in [0.25, 0.3) is 0 Å². The van der Waals surface area contributed by atoms with Crippen molar-refractivity contribution in [2.75, 3.05) is 13.1 Å². The molecule has 0 aromatic rings. The van der Waals surface area contributed by atoms with E-state index >= 15 is 0 Å². The number of carbonyl (C=O) groups is 1. The van der Waals surface area contributed by atoms with Gasteiger partial charge in [-0.25, -0.2) is 0 Å². The second kappa shape index (κ2) is 2.75. The smallest absolute Gasteiger partial charge is 0.209 e. The highest BCUT2D eigenvalue weighted by atomic mass is 16.1. The number of likely N-dealkylation sites (tertiary alicyclic amines) is 1. The van der Waals surface area contributed by atoms with Crippen molar-refractivity contribution < 1.29 is 4.79 Å². The van der Waals surface area contributed by atoms with Gasteiger partial charge in [-0.15, -0.1) is 0 Å². The Kier molecular flexibility index (Phi) is 1.85. The van der Waals surface area contributed by atoms with Gasteiger partial charge in [-0.3, -0.25) is 4.79 Å². The van der Waals surface area contributed by atoms with Crippen molar-refractivity contribution in [1.29, 1.82) is 0 Å². The van der Waals surface area contributed by atoms with E-state index in [0.717, 1.165) is 25.4 Å². The van der Waals surface area contributed by atoms with Gasteiger partial charge < -0.3 is 4.90 Å². The molecule has 0 aromatic carbocycles. The lowest BCUT2D eigenvalue weighted by molar-refractivity contribution is -0.124. The molecular weight excluding hydrogens is 150 g/mol. The van der Waals surface area contributed by atoms with Crippen molar-refractivity contribution in [1.82, 2.24) is 4.90 Å². The Hall–Kier alpha value is -0.530. The lowest BCUT2D eigenvalue weighted by atomic mass is 9.59. The molecule has 2 rings (SSSR count). The molecule has 1 aliphatic heterocycles. The second-order valence-corrected chi connectivity index (χ2v) is 4.69. The van der Waals surface area contributed by atoms with Crippen molar-refractivity contribution in [2.24, 2.45) is 11.3 Å². The Morgan fingerprint density at radius 2 is 2.25 bits per heavy atom. The molecular formula is C10H17NO. The van der Waals surface area contributed by atoms with Gasteiger partial charge in [-0.1, -0.05) is 6.92 Å². The number of amides is 1. The summed E-state index contributed by atoms with van der Waals surface area (Å²) >= 11 is 0. The number of nitrogens with zero attached hydrogens (tertiary/aromatic N) is 1. The molecule has 0 unspecified atom stereocenters. The Balaban J connectivity index is 1.95. The minimum absolute atomic E-state index is 0.540. The Morgan fingerprint density at radius 1 is 1.50 bits per heavy atom. The molecule has 2 aliphatic rings. The van der Waals surface area contributed by atoms with E-state index in [4.69, 9.17) is 0 Å². The maximum absolute atomic E-state index is 10.6. The molecule has 0 aromatic heterocycles. The normalized spacial score (nSPS) is 41.1. The number of hydrogen-bond acceptors (Lipinski definition) is 1. The van der Waals surface area contributed by atoms with Crippen LogP contribution in [0.15, 0.2) is 0 Å². The maximum Gasteiger partial charge on any atom is 0.209 e. The SMILES string of the molecule is CC1CC2(CCCN(C=O)C2)C1. The minimum atomic E-state index is 0.540. The number of piperidine rings is 1. The molecule has 0 atom stereocenters. The van der Waals surface area contributed by atoms with Gasteiger partial charge in [-0.05, 0) is 37.0 Å². The third kappa shape index (κ3) is 1.23. The Morgan fingerprint density at radius 3 is 2.83 bits per heavy atom. The molecule has 1 saturated heterocycles. The van der Waals surface area contributed by atoms with Crippen LogP contribution in [-0.2, 0) is 4.79 Å². The number of hydrogen-bond donors (Lipinski definition) is 0. The predicted molar refractivity (Wildman–Crippen MR) is 47.7 cm³/mol. The molecule has 2 nitrogen and oxygen atoms in total. The Bertz CT molecular complexity index is 179. The first-order valence-electron chi connectivity index (χ1n) is 4.93. The third-order valence-corrected chi connectivity index (χ3v) is 3.40. The monoisotopic (exact) mass is 167 g/mol. The van der Waals surface area contributed by atoms with E-state index < -0.39 is 0 Å². The van der Waals surface area contributed by atoms with E-state index in [-0.39, 0.29) is 0 Å². The van der Waals surface area contributed by atoms with Gasteiger partial charge in [0.1, 0.15) is 0 Å². The average molecular weight is 167 g/mol. The van der Waals surface area contributed by atoms with Crippen LogP contribution in [0.3, 0.4) is 0 Å². The molecule has 0 radical (unpaired) electrons. The fraction of sp³-hybridized carbons (Fsp3) is 0.900. The fourth-order valence-electron chi connectivity index (χ4n) is 3.09. The van der Waals surface area contributed by atoms with E-state index in [1.165, 1.54) is 25.7 Å². The molecule has 1 amide bonds. The van der Waals surface area contributed by atoms with Crippen LogP contribution in [0.4, 0.5) is 0 Å². The van der Waals surface area contributed by atoms with Crippen molar-refractivity contribution in [3.05, 3.63) is 0 Å². The molecule has 0 N–H and O–H groups in total. The lowest BCUT2D eigenvalue weighted by Gasteiger charge is -2.51. The van der Waals surface area contributed by atoms with Gasteiger partial charge in [0, 0.05) is 13.1 Å². The summed E-state index contributed by atoms with van der Waals surface area (Å²) in [5, 5.41) is 0. The molecule has 1 saturated carbocycles. The molecule has 2 heteroatoms. The van der Waals surface area contributed by atoms with Gasteiger partial charge in [0.25, 0.3) is 0 Å². The van der Waals surface area contributed by atoms with Gasteiger partial charge in [0.2, 0.25) is 6.41 Å². The molecule has 12 heavy (non-hydrogen) atoms. The first-order valence-corrected chi connectivity index (χ1v) is 4.93. The first-order chi connectivity index (χ1) is 5.74. The summed E-state index contributed by atoms with van der Waals surface area (Å²) in [6.07, 6.45) is 6.27. The molecule has 68 valence electrons. The van der Waals surface area contributed by atoms with Crippen molar-refractivity contribution in [3.8, 4) is 0 Å². The first kappa shape index (κ1) is 8.09. The summed E-state index contributed by atoms with van der Waals surface area (Å²) in [5.41, 5.74) is 0.540. The minimum Gasteiger partial charge on any atom is -0.345 e. The van der Waals surface area contributed by atoms with Crippen LogP contribution in [0.5, 0.6) is 0 Å². The topological polar surface area (TPSA) is 20.3 Å². The van der Waals surface area contributed by atoms with E-state index in [9.17, 15) is 4.79 Å². The van der Waals surface area contributed by atoms with E-state index in [2.05, 4.69) is 6.92 Å². The highest BCUT2D eigenvalue weighted by Crippen LogP contribution is 2.50. The zero-order valence-corrected chi connectivity index (χ0v) is 7.75. The molecule has 1 heterocycles. The van der Waals surface area contributed by atoms with Crippen LogP contribution < -0.4 is 0 Å².